The first-order valence-electron chi connectivity index (χ1n) is 8.15. The molecule has 0 aliphatic heterocycles. The van der Waals surface area contributed by atoms with Crippen LogP contribution < -0.4 is 5.32 Å². The fourth-order valence-electron chi connectivity index (χ4n) is 2.69. The fourth-order valence-corrected chi connectivity index (χ4v) is 2.69. The summed E-state index contributed by atoms with van der Waals surface area (Å²) in [6.45, 7) is 2.29. The molecule has 0 saturated carbocycles. The lowest BCUT2D eigenvalue weighted by Gasteiger charge is -2.05. The minimum absolute atomic E-state index is 0.113. The molecule has 0 saturated heterocycles. The van der Waals surface area contributed by atoms with E-state index in [1.54, 1.807) is 0 Å². The number of nitrogens with zero attached hydrogens (tertiary/aromatic N) is 1. The van der Waals surface area contributed by atoms with Gasteiger partial charge in [-0.25, -0.2) is 0 Å². The van der Waals surface area contributed by atoms with Gasteiger partial charge < -0.3 is 10.3 Å². The first kappa shape index (κ1) is 17.3. The van der Waals surface area contributed by atoms with E-state index in [0.29, 0.717) is 10.9 Å². The van der Waals surface area contributed by atoms with Gasteiger partial charge in [0.25, 0.3) is 17.4 Å². The molecule has 0 unspecified atom stereocenters. The Hall–Kier alpha value is -3.48. The van der Waals surface area contributed by atoms with Crippen LogP contribution in [0.2, 0.25) is 0 Å². The summed E-state index contributed by atoms with van der Waals surface area (Å²) in [5, 5.41) is 13.9. The number of fused-ring (bicyclic) bond motifs is 1. The number of aromatic nitrogens is 1. The van der Waals surface area contributed by atoms with Gasteiger partial charge in [0.1, 0.15) is 0 Å². The minimum atomic E-state index is -0.753. The highest BCUT2D eigenvalue weighted by Gasteiger charge is 2.21. The SMILES string of the molecule is CCc1ccc(CNC(=O)C(=O)c2c[nH]c3ccc([N+](=O)[O-])cc23)cc1. The van der Waals surface area contributed by atoms with Crippen molar-refractivity contribution >= 4 is 28.3 Å². The number of nitro benzene ring substituents is 1. The maximum Gasteiger partial charge on any atom is 0.292 e. The normalized spacial score (nSPS) is 10.7. The average Bonchev–Trinajstić information content (AvgIpc) is 3.09. The predicted octanol–water partition coefficient (Wildman–Crippen LogP) is 3.14. The quantitative estimate of drug-likeness (QED) is 0.308. The van der Waals surface area contributed by atoms with Crippen LogP contribution in [0.4, 0.5) is 5.69 Å². The molecule has 132 valence electrons. The van der Waals surface area contributed by atoms with Gasteiger partial charge in [-0.2, -0.15) is 0 Å². The summed E-state index contributed by atoms with van der Waals surface area (Å²) in [5.74, 6) is -1.49. The van der Waals surface area contributed by atoms with Gasteiger partial charge in [-0.15, -0.1) is 0 Å². The Labute approximate surface area is 149 Å². The molecule has 2 aromatic carbocycles. The predicted molar refractivity (Wildman–Crippen MR) is 97.0 cm³/mol. The Balaban J connectivity index is 1.75. The zero-order chi connectivity index (χ0) is 18.7. The van der Waals surface area contributed by atoms with Gasteiger partial charge in [-0.3, -0.25) is 19.7 Å². The lowest BCUT2D eigenvalue weighted by atomic mass is 10.1. The van der Waals surface area contributed by atoms with E-state index in [0.717, 1.165) is 12.0 Å². The number of amides is 1. The Morgan fingerprint density at radius 2 is 1.81 bits per heavy atom. The standard InChI is InChI=1S/C19H17N3O4/c1-2-12-3-5-13(6-4-12)10-21-19(24)18(23)16-11-20-17-8-7-14(22(25)26)9-15(16)17/h3-9,11,20H,2,10H2,1H3,(H,21,24). The summed E-state index contributed by atoms with van der Waals surface area (Å²) in [6, 6.07) is 11.9. The van der Waals surface area contributed by atoms with E-state index in [2.05, 4.69) is 17.2 Å². The third-order valence-electron chi connectivity index (χ3n) is 4.21. The molecule has 0 aliphatic rings. The number of aryl methyl sites for hydroxylation is 1. The first-order valence-corrected chi connectivity index (χ1v) is 8.15. The van der Waals surface area contributed by atoms with Gasteiger partial charge >= 0.3 is 0 Å². The number of benzene rings is 2. The lowest BCUT2D eigenvalue weighted by Crippen LogP contribution is -2.30. The number of H-pyrrole nitrogens is 1. The molecule has 0 fully saturated rings. The Morgan fingerprint density at radius 1 is 1.12 bits per heavy atom. The number of carbonyl (C=O) groups excluding carboxylic acids is 2. The number of non-ortho nitro benzene ring substituents is 1. The highest BCUT2D eigenvalue weighted by molar-refractivity contribution is 6.44. The molecule has 3 aromatic rings. The number of hydrogen-bond acceptors (Lipinski definition) is 4. The van der Waals surface area contributed by atoms with Crippen molar-refractivity contribution in [3.8, 4) is 0 Å². The van der Waals surface area contributed by atoms with E-state index >= 15 is 0 Å². The van der Waals surface area contributed by atoms with Crippen molar-refractivity contribution in [2.75, 3.05) is 0 Å². The zero-order valence-corrected chi connectivity index (χ0v) is 14.1. The second-order valence-electron chi connectivity index (χ2n) is 5.87. The van der Waals surface area contributed by atoms with Gasteiger partial charge in [-0.1, -0.05) is 31.2 Å². The molecule has 0 atom stereocenters. The van der Waals surface area contributed by atoms with Crippen LogP contribution in [0.1, 0.15) is 28.4 Å². The molecular formula is C19H17N3O4. The van der Waals surface area contributed by atoms with Crippen LogP contribution in [0, 0.1) is 10.1 Å². The van der Waals surface area contributed by atoms with E-state index in [1.807, 2.05) is 24.3 Å². The molecule has 7 heteroatoms. The number of nitrogens with one attached hydrogen (secondary N) is 2. The van der Waals surface area contributed by atoms with Gasteiger partial charge in [0.15, 0.2) is 0 Å². The number of aromatic amines is 1. The second kappa shape index (κ2) is 7.18. The molecule has 2 N–H and O–H groups in total. The minimum Gasteiger partial charge on any atom is -0.360 e. The van der Waals surface area contributed by atoms with E-state index < -0.39 is 16.6 Å². The molecule has 1 amide bonds. The van der Waals surface area contributed by atoms with E-state index in [4.69, 9.17) is 0 Å². The highest BCUT2D eigenvalue weighted by atomic mass is 16.6. The van der Waals surface area contributed by atoms with Crippen LogP contribution >= 0.6 is 0 Å². The summed E-state index contributed by atoms with van der Waals surface area (Å²) in [4.78, 5) is 37.8. The van der Waals surface area contributed by atoms with Crippen LogP contribution in [0.15, 0.2) is 48.7 Å². The summed E-state index contributed by atoms with van der Waals surface area (Å²) in [6.07, 6.45) is 2.32. The van der Waals surface area contributed by atoms with E-state index in [-0.39, 0.29) is 17.8 Å². The molecule has 0 bridgehead atoms. The lowest BCUT2D eigenvalue weighted by molar-refractivity contribution is -0.384. The number of rotatable bonds is 6. The average molecular weight is 351 g/mol. The van der Waals surface area contributed by atoms with Crippen LogP contribution in [-0.4, -0.2) is 21.6 Å². The smallest absolute Gasteiger partial charge is 0.292 e. The van der Waals surface area contributed by atoms with Crippen molar-refractivity contribution in [1.29, 1.82) is 0 Å². The molecule has 1 heterocycles. The number of nitro groups is 1. The summed E-state index contributed by atoms with van der Waals surface area (Å²) < 4.78 is 0. The van der Waals surface area contributed by atoms with Crippen molar-refractivity contribution in [3.05, 3.63) is 75.5 Å². The van der Waals surface area contributed by atoms with Gasteiger partial charge in [0.05, 0.1) is 10.5 Å². The molecule has 7 nitrogen and oxygen atoms in total. The van der Waals surface area contributed by atoms with Crippen LogP contribution in [-0.2, 0) is 17.8 Å². The Morgan fingerprint density at radius 3 is 2.46 bits per heavy atom. The summed E-state index contributed by atoms with van der Waals surface area (Å²) >= 11 is 0. The number of ketones is 1. The summed E-state index contributed by atoms with van der Waals surface area (Å²) in [5.41, 5.74) is 2.61. The van der Waals surface area contributed by atoms with Gasteiger partial charge in [0, 0.05) is 35.8 Å². The van der Waals surface area contributed by atoms with Crippen LogP contribution in [0.25, 0.3) is 10.9 Å². The zero-order valence-electron chi connectivity index (χ0n) is 14.1. The highest BCUT2D eigenvalue weighted by Crippen LogP contribution is 2.24. The molecule has 0 radical (unpaired) electrons. The molecule has 1 aromatic heterocycles. The van der Waals surface area contributed by atoms with Crippen molar-refractivity contribution in [1.82, 2.24) is 10.3 Å². The van der Waals surface area contributed by atoms with Crippen molar-refractivity contribution in [3.63, 3.8) is 0 Å². The van der Waals surface area contributed by atoms with E-state index in [1.165, 1.54) is 30.0 Å². The Kier molecular flexibility index (Phi) is 4.79. The van der Waals surface area contributed by atoms with E-state index in [9.17, 15) is 19.7 Å². The van der Waals surface area contributed by atoms with Crippen molar-refractivity contribution in [2.45, 2.75) is 19.9 Å². The number of Topliss-reactive ketones (excluding diaryl/α,β-unsaturated/α-hetero) is 1. The Bertz CT molecular complexity index is 990. The van der Waals surface area contributed by atoms with Crippen molar-refractivity contribution < 1.29 is 14.5 Å². The van der Waals surface area contributed by atoms with Gasteiger partial charge in [-0.05, 0) is 23.6 Å². The molecule has 0 aliphatic carbocycles. The number of carbonyl (C=O) groups is 2. The monoisotopic (exact) mass is 351 g/mol. The maximum absolute atomic E-state index is 12.4. The fraction of sp³-hybridized carbons (Fsp3) is 0.158. The molecule has 0 spiro atoms. The van der Waals surface area contributed by atoms with Crippen LogP contribution in [0.5, 0.6) is 0 Å². The first-order chi connectivity index (χ1) is 12.5. The van der Waals surface area contributed by atoms with Crippen LogP contribution in [0.3, 0.4) is 0 Å². The molecular weight excluding hydrogens is 334 g/mol. The largest absolute Gasteiger partial charge is 0.360 e. The van der Waals surface area contributed by atoms with Gasteiger partial charge in [0.2, 0.25) is 0 Å². The van der Waals surface area contributed by atoms with Crippen molar-refractivity contribution in [2.24, 2.45) is 0 Å². The number of hydrogen-bond donors (Lipinski definition) is 2. The third kappa shape index (κ3) is 3.46. The molecule has 3 rings (SSSR count). The maximum atomic E-state index is 12.4. The topological polar surface area (TPSA) is 105 Å². The third-order valence-corrected chi connectivity index (χ3v) is 4.21. The summed E-state index contributed by atoms with van der Waals surface area (Å²) in [7, 11) is 0. The second-order valence-corrected chi connectivity index (χ2v) is 5.87. The molecule has 26 heavy (non-hydrogen) atoms.